The largest absolute Gasteiger partial charge is 0.480 e. The summed E-state index contributed by atoms with van der Waals surface area (Å²) in [6.07, 6.45) is 0. The number of nitrogens with one attached hydrogen (secondary N) is 1. The molecule has 0 aliphatic heterocycles. The lowest BCUT2D eigenvalue weighted by Gasteiger charge is -2.06. The van der Waals surface area contributed by atoms with Gasteiger partial charge < -0.3 is 10.4 Å². The van der Waals surface area contributed by atoms with Crippen LogP contribution in [0, 0.1) is 0 Å². The third-order valence-electron chi connectivity index (χ3n) is 1.75. The average molecular weight is 279 g/mol. The maximum atomic E-state index is 12.0. The number of hydrogen-bond donors (Lipinski definition) is 2. The Morgan fingerprint density at radius 2 is 1.78 bits per heavy atom. The van der Waals surface area contributed by atoms with Crippen LogP contribution >= 0.6 is 11.8 Å². The highest BCUT2D eigenvalue weighted by atomic mass is 32.2. The van der Waals surface area contributed by atoms with Crippen molar-refractivity contribution < 1.29 is 27.9 Å². The van der Waals surface area contributed by atoms with Crippen LogP contribution in [0.25, 0.3) is 0 Å². The Bertz CT molecular complexity index is 445. The van der Waals surface area contributed by atoms with Crippen LogP contribution in [0.2, 0.25) is 0 Å². The number of carbonyl (C=O) groups excluding carboxylic acids is 1. The second-order valence-electron chi connectivity index (χ2n) is 3.15. The maximum Gasteiger partial charge on any atom is 0.446 e. The third kappa shape index (κ3) is 5.09. The fraction of sp³-hybridized carbons (Fsp3) is 0.200. The van der Waals surface area contributed by atoms with Gasteiger partial charge in [0.05, 0.1) is 0 Å². The van der Waals surface area contributed by atoms with Gasteiger partial charge in [-0.15, -0.1) is 0 Å². The molecule has 4 nitrogen and oxygen atoms in total. The van der Waals surface area contributed by atoms with Crippen LogP contribution in [-0.4, -0.2) is 29.0 Å². The Hall–Kier alpha value is -1.70. The molecule has 8 heteroatoms. The van der Waals surface area contributed by atoms with E-state index in [4.69, 9.17) is 5.11 Å². The highest BCUT2D eigenvalue weighted by molar-refractivity contribution is 8.00. The Balaban J connectivity index is 2.65. The molecule has 0 aliphatic rings. The monoisotopic (exact) mass is 279 g/mol. The summed E-state index contributed by atoms with van der Waals surface area (Å²) in [6, 6.07) is 4.69. The smallest absolute Gasteiger partial charge is 0.446 e. The molecule has 1 aromatic carbocycles. The lowest BCUT2D eigenvalue weighted by atomic mass is 10.2. The highest BCUT2D eigenvalue weighted by Crippen LogP contribution is 2.36. The van der Waals surface area contributed by atoms with Crippen LogP contribution in [0.3, 0.4) is 0 Å². The van der Waals surface area contributed by atoms with Gasteiger partial charge in [0.2, 0.25) is 0 Å². The lowest BCUT2D eigenvalue weighted by molar-refractivity contribution is -0.135. The summed E-state index contributed by atoms with van der Waals surface area (Å²) in [5.74, 6) is -1.85. The number of thioether (sulfide) groups is 1. The van der Waals surface area contributed by atoms with Crippen LogP contribution in [-0.2, 0) is 4.79 Å². The number of carbonyl (C=O) groups is 2. The molecule has 0 unspecified atom stereocenters. The van der Waals surface area contributed by atoms with Gasteiger partial charge in [-0.05, 0) is 36.0 Å². The quantitative estimate of drug-likeness (QED) is 0.828. The molecule has 1 rings (SSSR count). The first kappa shape index (κ1) is 14.4. The van der Waals surface area contributed by atoms with E-state index >= 15 is 0 Å². The van der Waals surface area contributed by atoms with Gasteiger partial charge in [-0.1, -0.05) is 0 Å². The minimum Gasteiger partial charge on any atom is -0.480 e. The molecule has 2 N–H and O–H groups in total. The van der Waals surface area contributed by atoms with Gasteiger partial charge in [0.1, 0.15) is 6.54 Å². The van der Waals surface area contributed by atoms with E-state index in [1.54, 1.807) is 0 Å². The van der Waals surface area contributed by atoms with Gasteiger partial charge in [-0.3, -0.25) is 9.59 Å². The van der Waals surface area contributed by atoms with E-state index < -0.39 is 23.9 Å². The van der Waals surface area contributed by atoms with Crippen molar-refractivity contribution in [2.24, 2.45) is 0 Å². The Kier molecular flexibility index (Phi) is 4.60. The van der Waals surface area contributed by atoms with Gasteiger partial charge in [0, 0.05) is 10.5 Å². The van der Waals surface area contributed by atoms with E-state index in [1.165, 1.54) is 12.1 Å². The summed E-state index contributed by atoms with van der Waals surface area (Å²) in [4.78, 5) is 21.5. The summed E-state index contributed by atoms with van der Waals surface area (Å²) >= 11 is -0.286. The molecule has 1 amide bonds. The number of aliphatic carboxylic acids is 1. The zero-order chi connectivity index (χ0) is 13.8. The topological polar surface area (TPSA) is 66.4 Å². The van der Waals surface area contributed by atoms with Crippen molar-refractivity contribution in [3.05, 3.63) is 29.8 Å². The molecule has 0 fully saturated rings. The van der Waals surface area contributed by atoms with Crippen molar-refractivity contribution in [1.82, 2.24) is 5.32 Å². The molecule has 98 valence electrons. The Morgan fingerprint density at radius 1 is 1.22 bits per heavy atom. The second-order valence-corrected chi connectivity index (χ2v) is 4.29. The van der Waals surface area contributed by atoms with Crippen molar-refractivity contribution in [3.8, 4) is 0 Å². The Morgan fingerprint density at radius 3 is 2.22 bits per heavy atom. The number of hydrogen-bond acceptors (Lipinski definition) is 3. The van der Waals surface area contributed by atoms with Crippen molar-refractivity contribution in [2.75, 3.05) is 6.54 Å². The zero-order valence-corrected chi connectivity index (χ0v) is 9.64. The number of rotatable bonds is 4. The van der Waals surface area contributed by atoms with Crippen molar-refractivity contribution in [1.29, 1.82) is 0 Å². The van der Waals surface area contributed by atoms with Crippen LogP contribution in [0.15, 0.2) is 29.2 Å². The van der Waals surface area contributed by atoms with E-state index in [-0.39, 0.29) is 22.2 Å². The summed E-state index contributed by atoms with van der Waals surface area (Å²) in [5, 5.41) is 10.4. The minimum absolute atomic E-state index is 0.0442. The van der Waals surface area contributed by atoms with Gasteiger partial charge in [-0.2, -0.15) is 13.2 Å². The molecule has 0 atom stereocenters. The van der Waals surface area contributed by atoms with Gasteiger partial charge in [0.25, 0.3) is 5.91 Å². The van der Waals surface area contributed by atoms with E-state index in [9.17, 15) is 22.8 Å². The molecule has 0 radical (unpaired) electrons. The highest BCUT2D eigenvalue weighted by Gasteiger charge is 2.29. The number of carboxylic acid groups (broad SMARTS) is 1. The molecule has 18 heavy (non-hydrogen) atoms. The van der Waals surface area contributed by atoms with Gasteiger partial charge in [-0.25, -0.2) is 0 Å². The first-order valence-electron chi connectivity index (χ1n) is 4.64. The number of carboxylic acids is 1. The summed E-state index contributed by atoms with van der Waals surface area (Å²) in [6.45, 7) is -0.544. The fourth-order valence-electron chi connectivity index (χ4n) is 1.07. The zero-order valence-electron chi connectivity index (χ0n) is 8.82. The van der Waals surface area contributed by atoms with E-state index in [0.29, 0.717) is 0 Å². The summed E-state index contributed by atoms with van der Waals surface area (Å²) < 4.78 is 36.1. The molecule has 0 aliphatic carbocycles. The first-order chi connectivity index (χ1) is 8.28. The molecule has 0 aromatic heterocycles. The fourth-order valence-corrected chi connectivity index (χ4v) is 1.61. The summed E-state index contributed by atoms with van der Waals surface area (Å²) in [5.41, 5.74) is -4.28. The Labute approximate surface area is 104 Å². The average Bonchev–Trinajstić information content (AvgIpc) is 2.24. The second kappa shape index (κ2) is 5.76. The van der Waals surface area contributed by atoms with Crippen molar-refractivity contribution >= 4 is 23.6 Å². The molecular formula is C10H8F3NO3S. The molecular weight excluding hydrogens is 271 g/mol. The van der Waals surface area contributed by atoms with E-state index in [1.807, 2.05) is 0 Å². The molecule has 0 saturated carbocycles. The lowest BCUT2D eigenvalue weighted by Crippen LogP contribution is -2.29. The van der Waals surface area contributed by atoms with Crippen LogP contribution in [0.5, 0.6) is 0 Å². The molecule has 0 saturated heterocycles. The first-order valence-corrected chi connectivity index (χ1v) is 5.45. The molecule has 1 aromatic rings. The van der Waals surface area contributed by atoms with E-state index in [0.717, 1.165) is 12.1 Å². The molecule has 0 heterocycles. The predicted octanol–water partition coefficient (Wildman–Crippen LogP) is 2.11. The molecule has 0 spiro atoms. The number of amides is 1. The predicted molar refractivity (Wildman–Crippen MR) is 58.3 cm³/mol. The third-order valence-corrected chi connectivity index (χ3v) is 2.49. The van der Waals surface area contributed by atoms with Crippen molar-refractivity contribution in [2.45, 2.75) is 10.4 Å². The normalized spacial score (nSPS) is 11.1. The van der Waals surface area contributed by atoms with E-state index in [2.05, 4.69) is 5.32 Å². The SMILES string of the molecule is O=C(O)CNC(=O)c1ccc(SC(F)(F)F)cc1. The van der Waals surface area contributed by atoms with Gasteiger partial charge in [0.15, 0.2) is 0 Å². The van der Waals surface area contributed by atoms with Gasteiger partial charge >= 0.3 is 11.5 Å². The standard InChI is InChI=1S/C10H8F3NO3S/c11-10(12,13)18-7-3-1-6(2-4-7)9(17)14-5-8(15)16/h1-4H,5H2,(H,14,17)(H,15,16). The number of halogens is 3. The summed E-state index contributed by atoms with van der Waals surface area (Å²) in [7, 11) is 0. The van der Waals surface area contributed by atoms with Crippen LogP contribution in [0.1, 0.15) is 10.4 Å². The van der Waals surface area contributed by atoms with Crippen LogP contribution < -0.4 is 5.32 Å². The number of benzene rings is 1. The number of alkyl halides is 3. The molecule has 0 bridgehead atoms. The maximum absolute atomic E-state index is 12.0. The minimum atomic E-state index is -4.38. The van der Waals surface area contributed by atoms with Crippen LogP contribution in [0.4, 0.5) is 13.2 Å². The van der Waals surface area contributed by atoms with Crippen molar-refractivity contribution in [3.63, 3.8) is 0 Å².